The summed E-state index contributed by atoms with van der Waals surface area (Å²) in [6.45, 7) is 0. The third-order valence-corrected chi connectivity index (χ3v) is 4.31. The maximum Gasteiger partial charge on any atom is 0.260 e. The van der Waals surface area contributed by atoms with E-state index in [4.69, 9.17) is 0 Å². The molecule has 1 N–H and O–H groups in total. The molecule has 132 valence electrons. The first-order valence-corrected chi connectivity index (χ1v) is 8.75. The maximum absolute atomic E-state index is 13.3. The Balaban J connectivity index is 1.48. The van der Waals surface area contributed by atoms with Crippen molar-refractivity contribution >= 4 is 22.6 Å². The summed E-state index contributed by atoms with van der Waals surface area (Å²) in [4.78, 5) is 24.9. The Morgan fingerprint density at radius 3 is 2.41 bits per heavy atom. The second-order valence-corrected chi connectivity index (χ2v) is 6.30. The lowest BCUT2D eigenvalue weighted by Crippen LogP contribution is -2.12. The Morgan fingerprint density at radius 2 is 1.67 bits per heavy atom. The van der Waals surface area contributed by atoms with E-state index in [-0.39, 0.29) is 11.4 Å². The van der Waals surface area contributed by atoms with Crippen LogP contribution in [0.1, 0.15) is 10.4 Å². The van der Waals surface area contributed by atoms with E-state index in [1.807, 2.05) is 30.3 Å². The van der Waals surface area contributed by atoms with Gasteiger partial charge in [-0.15, -0.1) is 0 Å². The quantitative estimate of drug-likeness (QED) is 0.580. The van der Waals surface area contributed by atoms with Crippen LogP contribution in [0.2, 0.25) is 0 Å². The number of carbonyl (C=O) groups excluding carboxylic acids is 1. The summed E-state index contributed by atoms with van der Waals surface area (Å²) < 4.78 is 17.5. The number of nitrogens with one attached hydrogen (secondary N) is 1. The van der Waals surface area contributed by atoms with Gasteiger partial charge >= 0.3 is 0 Å². The van der Waals surface area contributed by atoms with Gasteiger partial charge in [0.15, 0.2) is 11.6 Å². The minimum absolute atomic E-state index is 0.270. The minimum Gasteiger partial charge on any atom is -0.296 e. The summed E-state index contributed by atoms with van der Waals surface area (Å²) in [5, 5.41) is 3.07. The number of nitrogens with zero attached hydrogens (tertiary/aromatic N) is 4. The van der Waals surface area contributed by atoms with Crippen LogP contribution >= 0.6 is 11.5 Å². The molecule has 0 radical (unpaired) electrons. The highest BCUT2D eigenvalue weighted by molar-refractivity contribution is 7.10. The number of hydrogen-bond acceptors (Lipinski definition) is 6. The molecule has 0 aliphatic rings. The zero-order chi connectivity index (χ0) is 18.6. The molecule has 0 aliphatic carbocycles. The van der Waals surface area contributed by atoms with Crippen LogP contribution in [0.4, 0.5) is 9.52 Å². The fourth-order valence-electron chi connectivity index (χ4n) is 2.37. The van der Waals surface area contributed by atoms with Gasteiger partial charge in [0.25, 0.3) is 5.91 Å². The van der Waals surface area contributed by atoms with Crippen LogP contribution in [0.15, 0.2) is 67.0 Å². The predicted octanol–water partition coefficient (Wildman–Crippen LogP) is 4.05. The average Bonchev–Trinajstić information content (AvgIpc) is 3.17. The van der Waals surface area contributed by atoms with Gasteiger partial charge in [0.05, 0.1) is 5.56 Å². The lowest BCUT2D eigenvalue weighted by atomic mass is 10.2. The molecule has 0 aliphatic heterocycles. The van der Waals surface area contributed by atoms with Crippen molar-refractivity contribution in [2.75, 3.05) is 5.32 Å². The first-order valence-electron chi connectivity index (χ1n) is 7.97. The van der Waals surface area contributed by atoms with Crippen molar-refractivity contribution in [1.82, 2.24) is 19.3 Å². The van der Waals surface area contributed by atoms with Gasteiger partial charge in [-0.1, -0.05) is 42.5 Å². The Kier molecular flexibility index (Phi) is 4.63. The van der Waals surface area contributed by atoms with Crippen molar-refractivity contribution in [2.45, 2.75) is 0 Å². The van der Waals surface area contributed by atoms with E-state index in [0.717, 1.165) is 17.1 Å². The van der Waals surface area contributed by atoms with Crippen LogP contribution in [0.25, 0.3) is 22.8 Å². The lowest BCUT2D eigenvalue weighted by Gasteiger charge is -2.03. The van der Waals surface area contributed by atoms with E-state index in [9.17, 15) is 9.18 Å². The number of benzene rings is 2. The van der Waals surface area contributed by atoms with Gasteiger partial charge in [-0.2, -0.15) is 9.36 Å². The normalized spacial score (nSPS) is 10.6. The van der Waals surface area contributed by atoms with Gasteiger partial charge in [0, 0.05) is 35.1 Å². The third kappa shape index (κ3) is 3.85. The summed E-state index contributed by atoms with van der Waals surface area (Å²) in [5.74, 6) is 0.127. The molecule has 0 fully saturated rings. The van der Waals surface area contributed by atoms with E-state index in [1.165, 1.54) is 24.5 Å². The largest absolute Gasteiger partial charge is 0.296 e. The molecule has 0 unspecified atom stereocenters. The van der Waals surface area contributed by atoms with Gasteiger partial charge < -0.3 is 0 Å². The number of rotatable bonds is 4. The van der Waals surface area contributed by atoms with Crippen molar-refractivity contribution < 1.29 is 9.18 Å². The molecular formula is C19H12FN5OS. The van der Waals surface area contributed by atoms with Crippen LogP contribution in [-0.2, 0) is 0 Å². The molecule has 27 heavy (non-hydrogen) atoms. The van der Waals surface area contributed by atoms with E-state index in [0.29, 0.717) is 22.3 Å². The molecule has 4 aromatic rings. The highest BCUT2D eigenvalue weighted by Crippen LogP contribution is 2.21. The predicted molar refractivity (Wildman–Crippen MR) is 101 cm³/mol. The minimum atomic E-state index is -0.392. The fraction of sp³-hybridized carbons (Fsp3) is 0. The van der Waals surface area contributed by atoms with Gasteiger partial charge in [-0.25, -0.2) is 14.4 Å². The molecule has 1 amide bonds. The molecule has 0 spiro atoms. The van der Waals surface area contributed by atoms with Crippen molar-refractivity contribution in [2.24, 2.45) is 0 Å². The maximum atomic E-state index is 13.3. The number of anilines is 1. The average molecular weight is 377 g/mol. The first kappa shape index (κ1) is 16.9. The molecule has 2 heterocycles. The number of aromatic nitrogens is 4. The lowest BCUT2D eigenvalue weighted by molar-refractivity contribution is 0.102. The van der Waals surface area contributed by atoms with Gasteiger partial charge in [0.1, 0.15) is 5.82 Å². The second kappa shape index (κ2) is 7.38. The molecule has 6 nitrogen and oxygen atoms in total. The Labute approximate surface area is 158 Å². The van der Waals surface area contributed by atoms with Crippen LogP contribution in [0.3, 0.4) is 0 Å². The van der Waals surface area contributed by atoms with E-state index < -0.39 is 5.91 Å². The van der Waals surface area contributed by atoms with Crippen molar-refractivity contribution in [3.05, 3.63) is 78.4 Å². The third-order valence-electron chi connectivity index (χ3n) is 3.68. The van der Waals surface area contributed by atoms with E-state index in [1.54, 1.807) is 12.1 Å². The molecule has 0 saturated heterocycles. The summed E-state index contributed by atoms with van der Waals surface area (Å²) in [7, 11) is 0. The SMILES string of the molecule is O=C(Nc1nc(-c2ccccc2)ns1)c1cnc(-c2cccc(F)c2)nc1. The molecule has 4 rings (SSSR count). The van der Waals surface area contributed by atoms with E-state index in [2.05, 4.69) is 24.6 Å². The Bertz CT molecular complexity index is 1080. The van der Waals surface area contributed by atoms with Crippen LogP contribution in [0, 0.1) is 5.82 Å². The monoisotopic (exact) mass is 377 g/mol. The zero-order valence-electron chi connectivity index (χ0n) is 13.8. The summed E-state index contributed by atoms with van der Waals surface area (Å²) in [6.07, 6.45) is 2.78. The van der Waals surface area contributed by atoms with Crippen LogP contribution in [-0.4, -0.2) is 25.2 Å². The van der Waals surface area contributed by atoms with Gasteiger partial charge in [-0.3, -0.25) is 10.1 Å². The van der Waals surface area contributed by atoms with Crippen LogP contribution < -0.4 is 5.32 Å². The molecule has 8 heteroatoms. The van der Waals surface area contributed by atoms with Crippen LogP contribution in [0.5, 0.6) is 0 Å². The zero-order valence-corrected chi connectivity index (χ0v) is 14.7. The van der Waals surface area contributed by atoms with Crippen molar-refractivity contribution in [3.63, 3.8) is 0 Å². The van der Waals surface area contributed by atoms with Gasteiger partial charge in [0.2, 0.25) is 5.13 Å². The van der Waals surface area contributed by atoms with Crippen molar-refractivity contribution in [1.29, 1.82) is 0 Å². The number of amides is 1. The first-order chi connectivity index (χ1) is 13.2. The number of carbonyl (C=O) groups is 1. The molecule has 0 bridgehead atoms. The molecular weight excluding hydrogens is 365 g/mol. The Morgan fingerprint density at radius 1 is 0.926 bits per heavy atom. The Hall–Kier alpha value is -3.52. The summed E-state index contributed by atoms with van der Waals surface area (Å²) >= 11 is 1.09. The molecule has 0 saturated carbocycles. The van der Waals surface area contributed by atoms with Gasteiger partial charge in [-0.05, 0) is 12.1 Å². The number of hydrogen-bond donors (Lipinski definition) is 1. The topological polar surface area (TPSA) is 80.7 Å². The molecule has 2 aromatic carbocycles. The number of halogens is 1. The highest BCUT2D eigenvalue weighted by atomic mass is 32.1. The van der Waals surface area contributed by atoms with E-state index >= 15 is 0 Å². The molecule has 2 aromatic heterocycles. The smallest absolute Gasteiger partial charge is 0.260 e. The molecule has 0 atom stereocenters. The fourth-order valence-corrected chi connectivity index (χ4v) is 2.95. The standard InChI is InChI=1S/C19H12FN5OS/c20-15-8-4-7-13(9-15)16-21-10-14(11-22-16)18(26)24-19-23-17(25-27-19)12-5-2-1-3-6-12/h1-11H,(H,23,24,25,26). The highest BCUT2D eigenvalue weighted by Gasteiger charge is 2.12. The van der Waals surface area contributed by atoms with Crippen molar-refractivity contribution in [3.8, 4) is 22.8 Å². The second-order valence-electron chi connectivity index (χ2n) is 5.55. The summed E-state index contributed by atoms with van der Waals surface area (Å²) in [6, 6.07) is 15.4. The summed E-state index contributed by atoms with van der Waals surface area (Å²) in [5.41, 5.74) is 1.68.